The second kappa shape index (κ2) is 7.04. The SMILES string of the molecule is C[C@@H](Sc1nnc(-c2ccc[nH]2)o1)c1nc2scc(-c3cccs3)c2c(=O)[nH]1. The van der Waals surface area contributed by atoms with Crippen LogP contribution in [0, 0.1) is 0 Å². The average Bonchev–Trinajstić information content (AvgIpc) is 3.46. The van der Waals surface area contributed by atoms with Gasteiger partial charge in [-0.1, -0.05) is 17.8 Å². The highest BCUT2D eigenvalue weighted by Gasteiger charge is 2.19. The molecule has 2 N–H and O–H groups in total. The number of H-pyrrole nitrogens is 2. The van der Waals surface area contributed by atoms with Crippen molar-refractivity contribution in [2.24, 2.45) is 0 Å². The molecule has 0 amide bonds. The van der Waals surface area contributed by atoms with Crippen LogP contribution in [0.25, 0.3) is 32.2 Å². The molecule has 5 aromatic heterocycles. The van der Waals surface area contributed by atoms with Crippen molar-refractivity contribution in [3.8, 4) is 22.0 Å². The van der Waals surface area contributed by atoms with E-state index in [0.29, 0.717) is 22.3 Å². The van der Waals surface area contributed by atoms with E-state index in [2.05, 4.69) is 25.1 Å². The molecule has 5 heterocycles. The minimum atomic E-state index is -0.152. The summed E-state index contributed by atoms with van der Waals surface area (Å²) in [4.78, 5) is 25.2. The Morgan fingerprint density at radius 1 is 1.21 bits per heavy atom. The predicted octanol–water partition coefficient (Wildman–Crippen LogP) is 4.94. The van der Waals surface area contributed by atoms with Crippen molar-refractivity contribution < 1.29 is 4.42 Å². The Bertz CT molecular complexity index is 1280. The minimum Gasteiger partial charge on any atom is -0.410 e. The van der Waals surface area contributed by atoms with Gasteiger partial charge in [0.15, 0.2) is 0 Å². The molecular weight excluding hydrogens is 414 g/mol. The molecular formula is C18H13N5O2S3. The summed E-state index contributed by atoms with van der Waals surface area (Å²) in [5.41, 5.74) is 1.57. The van der Waals surface area contributed by atoms with Crippen molar-refractivity contribution in [1.29, 1.82) is 0 Å². The van der Waals surface area contributed by atoms with E-state index in [1.807, 2.05) is 41.9 Å². The standard InChI is InChI=1S/C18H13N5O2S3/c1-9(28-18-23-22-16(25-18)11-4-2-6-19-11)14-20-15(24)13-10(8-27-17(13)21-14)12-5-3-7-26-12/h2-9,19H,1H3,(H,20,21,24)/t9-/m1/s1. The van der Waals surface area contributed by atoms with Gasteiger partial charge in [0.25, 0.3) is 16.7 Å². The smallest absolute Gasteiger partial charge is 0.277 e. The van der Waals surface area contributed by atoms with Crippen LogP contribution in [0.4, 0.5) is 0 Å². The summed E-state index contributed by atoms with van der Waals surface area (Å²) >= 11 is 4.44. The molecule has 0 bridgehead atoms. The third-order valence-corrected chi connectivity index (χ3v) is 6.87. The molecule has 0 saturated carbocycles. The second-order valence-corrected chi connectivity index (χ2v) is 9.07. The van der Waals surface area contributed by atoms with Crippen molar-refractivity contribution >= 4 is 44.7 Å². The molecule has 0 aromatic carbocycles. The summed E-state index contributed by atoms with van der Waals surface area (Å²) in [5.74, 6) is 1.01. The van der Waals surface area contributed by atoms with Crippen molar-refractivity contribution in [3.05, 3.63) is 57.4 Å². The largest absolute Gasteiger partial charge is 0.410 e. The zero-order chi connectivity index (χ0) is 19.1. The first-order valence-electron chi connectivity index (χ1n) is 8.38. The Morgan fingerprint density at radius 2 is 2.14 bits per heavy atom. The molecule has 0 fully saturated rings. The Kier molecular flexibility index (Phi) is 4.38. The fourth-order valence-electron chi connectivity index (χ4n) is 2.81. The van der Waals surface area contributed by atoms with Gasteiger partial charge in [-0.3, -0.25) is 4.79 Å². The molecule has 0 aliphatic carbocycles. The predicted molar refractivity (Wildman–Crippen MR) is 112 cm³/mol. The molecule has 28 heavy (non-hydrogen) atoms. The fraction of sp³-hybridized carbons (Fsp3) is 0.111. The van der Waals surface area contributed by atoms with Crippen LogP contribution in [0.3, 0.4) is 0 Å². The first-order chi connectivity index (χ1) is 13.7. The molecule has 5 rings (SSSR count). The van der Waals surface area contributed by atoms with E-state index < -0.39 is 0 Å². The van der Waals surface area contributed by atoms with E-state index in [4.69, 9.17) is 4.42 Å². The lowest BCUT2D eigenvalue weighted by atomic mass is 10.2. The molecule has 0 aliphatic rings. The number of hydrogen-bond donors (Lipinski definition) is 2. The summed E-state index contributed by atoms with van der Waals surface area (Å²) in [7, 11) is 0. The number of hydrogen-bond acceptors (Lipinski definition) is 8. The van der Waals surface area contributed by atoms with Gasteiger partial charge in [-0.05, 0) is 30.5 Å². The van der Waals surface area contributed by atoms with Gasteiger partial charge >= 0.3 is 0 Å². The van der Waals surface area contributed by atoms with Crippen molar-refractivity contribution in [3.63, 3.8) is 0 Å². The zero-order valence-corrected chi connectivity index (χ0v) is 17.0. The van der Waals surface area contributed by atoms with Gasteiger partial charge < -0.3 is 14.4 Å². The lowest BCUT2D eigenvalue weighted by Gasteiger charge is -2.07. The third kappa shape index (κ3) is 3.09. The van der Waals surface area contributed by atoms with E-state index >= 15 is 0 Å². The number of nitrogens with one attached hydrogen (secondary N) is 2. The molecule has 140 valence electrons. The van der Waals surface area contributed by atoms with Crippen LogP contribution in [0.5, 0.6) is 0 Å². The number of thioether (sulfide) groups is 1. The summed E-state index contributed by atoms with van der Waals surface area (Å²) in [6.45, 7) is 1.95. The van der Waals surface area contributed by atoms with Crippen LogP contribution in [0.1, 0.15) is 18.0 Å². The van der Waals surface area contributed by atoms with Crippen molar-refractivity contribution in [2.75, 3.05) is 0 Å². The topological polar surface area (TPSA) is 100 Å². The summed E-state index contributed by atoms with van der Waals surface area (Å²) in [6.07, 6.45) is 1.80. The molecule has 0 saturated heterocycles. The maximum absolute atomic E-state index is 12.7. The zero-order valence-electron chi connectivity index (χ0n) is 14.5. The van der Waals surface area contributed by atoms with Gasteiger partial charge in [0.2, 0.25) is 0 Å². The number of aromatic amines is 2. The highest BCUT2D eigenvalue weighted by atomic mass is 32.2. The van der Waals surface area contributed by atoms with Gasteiger partial charge in [0, 0.05) is 22.0 Å². The molecule has 0 aliphatic heterocycles. The van der Waals surface area contributed by atoms with Crippen molar-refractivity contribution in [1.82, 2.24) is 25.1 Å². The highest BCUT2D eigenvalue weighted by molar-refractivity contribution is 7.99. The maximum atomic E-state index is 12.7. The van der Waals surface area contributed by atoms with Crippen LogP contribution in [-0.4, -0.2) is 25.1 Å². The maximum Gasteiger partial charge on any atom is 0.277 e. The van der Waals surface area contributed by atoms with E-state index in [1.165, 1.54) is 23.1 Å². The lowest BCUT2D eigenvalue weighted by molar-refractivity contribution is 0.463. The third-order valence-electron chi connectivity index (χ3n) is 4.15. The number of fused-ring (bicyclic) bond motifs is 1. The Morgan fingerprint density at radius 3 is 2.93 bits per heavy atom. The number of nitrogens with zero attached hydrogens (tertiary/aromatic N) is 3. The van der Waals surface area contributed by atoms with E-state index in [-0.39, 0.29) is 10.8 Å². The minimum absolute atomic E-state index is 0.130. The van der Waals surface area contributed by atoms with Crippen LogP contribution in [-0.2, 0) is 0 Å². The summed E-state index contributed by atoms with van der Waals surface area (Å²) < 4.78 is 5.68. The van der Waals surface area contributed by atoms with Crippen LogP contribution in [0.15, 0.2) is 55.7 Å². The Balaban J connectivity index is 1.44. The van der Waals surface area contributed by atoms with Crippen LogP contribution >= 0.6 is 34.4 Å². The van der Waals surface area contributed by atoms with Crippen LogP contribution < -0.4 is 5.56 Å². The number of aromatic nitrogens is 5. The number of rotatable bonds is 5. The molecule has 1 atom stereocenters. The molecule has 0 unspecified atom stereocenters. The normalized spacial score (nSPS) is 12.6. The average molecular weight is 428 g/mol. The number of thiophene rings is 2. The Labute approximate surface area is 170 Å². The van der Waals surface area contributed by atoms with Gasteiger partial charge in [-0.25, -0.2) is 4.98 Å². The summed E-state index contributed by atoms with van der Waals surface area (Å²) in [6, 6.07) is 7.71. The van der Waals surface area contributed by atoms with Gasteiger partial charge in [0.1, 0.15) is 16.3 Å². The van der Waals surface area contributed by atoms with E-state index in [9.17, 15) is 4.79 Å². The molecule has 0 spiro atoms. The molecule has 7 nitrogen and oxygen atoms in total. The highest BCUT2D eigenvalue weighted by Crippen LogP contribution is 2.36. The first kappa shape index (κ1) is 17.4. The molecule has 5 aromatic rings. The van der Waals surface area contributed by atoms with Crippen LogP contribution in [0.2, 0.25) is 0 Å². The van der Waals surface area contributed by atoms with Gasteiger partial charge in [-0.15, -0.1) is 32.9 Å². The second-order valence-electron chi connectivity index (χ2n) is 5.97. The first-order valence-corrected chi connectivity index (χ1v) is 11.0. The monoisotopic (exact) mass is 427 g/mol. The fourth-order valence-corrected chi connectivity index (χ4v) is 5.32. The molecule has 0 radical (unpaired) electrons. The quantitative estimate of drug-likeness (QED) is 0.385. The van der Waals surface area contributed by atoms with E-state index in [1.54, 1.807) is 17.5 Å². The Hall–Kier alpha value is -2.69. The molecule has 10 heteroatoms. The van der Waals surface area contributed by atoms with E-state index in [0.717, 1.165) is 21.0 Å². The lowest BCUT2D eigenvalue weighted by Crippen LogP contribution is -2.12. The van der Waals surface area contributed by atoms with Gasteiger partial charge in [0.05, 0.1) is 10.6 Å². The van der Waals surface area contributed by atoms with Gasteiger partial charge in [-0.2, -0.15) is 0 Å². The van der Waals surface area contributed by atoms with Crippen molar-refractivity contribution in [2.45, 2.75) is 17.4 Å². The summed E-state index contributed by atoms with van der Waals surface area (Å²) in [5, 5.41) is 13.0.